The molecule has 2 nitrogen and oxygen atoms in total. The van der Waals surface area contributed by atoms with Gasteiger partial charge in [0, 0.05) is 11.6 Å². The first-order valence-corrected chi connectivity index (χ1v) is 8.24. The molecule has 1 N–H and O–H groups in total. The third kappa shape index (κ3) is 3.22. The highest BCUT2D eigenvalue weighted by Crippen LogP contribution is 2.39. The Morgan fingerprint density at radius 3 is 2.37 bits per heavy atom. The minimum Gasteiger partial charge on any atom is -0.312 e. The first-order chi connectivity index (χ1) is 9.20. The maximum Gasteiger partial charge on any atom is 0.0463 e. The summed E-state index contributed by atoms with van der Waals surface area (Å²) in [6.45, 7) is 0. The van der Waals surface area contributed by atoms with Gasteiger partial charge in [0.05, 0.1) is 0 Å². The normalized spacial score (nSPS) is 25.8. The van der Waals surface area contributed by atoms with Gasteiger partial charge in [-0.3, -0.25) is 0 Å². The van der Waals surface area contributed by atoms with Crippen molar-refractivity contribution in [2.24, 2.45) is 0 Å². The van der Waals surface area contributed by atoms with E-state index in [-0.39, 0.29) is 0 Å². The zero-order valence-corrected chi connectivity index (χ0v) is 13.2. The van der Waals surface area contributed by atoms with Gasteiger partial charge in [-0.1, -0.05) is 37.3 Å². The number of hydrogen-bond acceptors (Lipinski definition) is 2. The Kier molecular flexibility index (Phi) is 5.47. The summed E-state index contributed by atoms with van der Waals surface area (Å²) in [5, 5.41) is 3.68. The van der Waals surface area contributed by atoms with E-state index in [1.54, 1.807) is 5.57 Å². The van der Waals surface area contributed by atoms with Gasteiger partial charge in [-0.15, -0.1) is 0 Å². The molecule has 0 aromatic rings. The van der Waals surface area contributed by atoms with Crippen LogP contribution in [0, 0.1) is 0 Å². The number of likely N-dealkylation sites (N-methyl/N-ethyl adjacent to an activating group) is 2. The lowest BCUT2D eigenvalue weighted by Crippen LogP contribution is -2.60. The molecule has 2 rings (SSSR count). The highest BCUT2D eigenvalue weighted by molar-refractivity contribution is 5.21. The predicted molar refractivity (Wildman–Crippen MR) is 83.5 cm³/mol. The van der Waals surface area contributed by atoms with Crippen LogP contribution in [0.15, 0.2) is 11.6 Å². The second-order valence-electron chi connectivity index (χ2n) is 6.66. The molecule has 2 heteroatoms. The van der Waals surface area contributed by atoms with E-state index in [9.17, 15) is 0 Å². The molecule has 0 heterocycles. The molecule has 1 fully saturated rings. The SMILES string of the molecule is CNC(C1=CCCCCC1)C1(N(C)C)CCCCC1. The Hall–Kier alpha value is -0.340. The van der Waals surface area contributed by atoms with Crippen molar-refractivity contribution >= 4 is 0 Å². The van der Waals surface area contributed by atoms with Crippen molar-refractivity contribution in [1.82, 2.24) is 10.2 Å². The van der Waals surface area contributed by atoms with E-state index in [0.29, 0.717) is 11.6 Å². The van der Waals surface area contributed by atoms with Crippen molar-refractivity contribution < 1.29 is 0 Å². The lowest BCUT2D eigenvalue weighted by molar-refractivity contribution is 0.0712. The molecule has 110 valence electrons. The van der Waals surface area contributed by atoms with Crippen LogP contribution >= 0.6 is 0 Å². The average molecular weight is 264 g/mol. The van der Waals surface area contributed by atoms with Crippen LogP contribution in [0.5, 0.6) is 0 Å². The summed E-state index contributed by atoms with van der Waals surface area (Å²) in [5.41, 5.74) is 2.04. The van der Waals surface area contributed by atoms with E-state index in [1.807, 2.05) is 0 Å². The third-order valence-electron chi connectivity index (χ3n) is 5.38. The predicted octanol–water partition coefficient (Wildman–Crippen LogP) is 3.73. The van der Waals surface area contributed by atoms with Crippen LogP contribution in [0.1, 0.15) is 64.2 Å². The third-order valence-corrected chi connectivity index (χ3v) is 5.38. The minimum absolute atomic E-state index is 0.350. The maximum absolute atomic E-state index is 3.68. The molecule has 0 bridgehead atoms. The number of hydrogen-bond donors (Lipinski definition) is 1. The molecule has 1 atom stereocenters. The van der Waals surface area contributed by atoms with Crippen molar-refractivity contribution in [2.75, 3.05) is 21.1 Å². The van der Waals surface area contributed by atoms with E-state index in [4.69, 9.17) is 0 Å². The summed E-state index contributed by atoms with van der Waals surface area (Å²) in [6, 6.07) is 0.556. The van der Waals surface area contributed by atoms with Crippen LogP contribution in [-0.4, -0.2) is 37.6 Å². The molecule has 0 aliphatic heterocycles. The van der Waals surface area contributed by atoms with Crippen LogP contribution in [0.3, 0.4) is 0 Å². The standard InChI is InChI=1S/C17H32N2/c1-18-16(15-11-7-4-5-8-12-15)17(19(2)3)13-9-6-10-14-17/h11,16,18H,4-10,12-14H2,1-3H3. The summed E-state index contributed by atoms with van der Waals surface area (Å²) >= 11 is 0. The molecule has 0 radical (unpaired) electrons. The zero-order valence-electron chi connectivity index (χ0n) is 13.2. The van der Waals surface area contributed by atoms with E-state index in [0.717, 1.165) is 0 Å². The minimum atomic E-state index is 0.350. The monoisotopic (exact) mass is 264 g/mol. The molecule has 1 saturated carbocycles. The summed E-state index contributed by atoms with van der Waals surface area (Å²) in [6.07, 6.45) is 16.2. The maximum atomic E-state index is 3.68. The number of allylic oxidation sites excluding steroid dienone is 1. The second kappa shape index (κ2) is 6.90. The highest BCUT2D eigenvalue weighted by Gasteiger charge is 2.42. The van der Waals surface area contributed by atoms with Crippen LogP contribution in [0.2, 0.25) is 0 Å². The van der Waals surface area contributed by atoms with Crippen LogP contribution in [0.4, 0.5) is 0 Å². The van der Waals surface area contributed by atoms with Crippen molar-refractivity contribution in [3.8, 4) is 0 Å². The van der Waals surface area contributed by atoms with E-state index in [1.165, 1.54) is 64.2 Å². The average Bonchev–Trinajstić information content (AvgIpc) is 2.69. The Morgan fingerprint density at radius 2 is 1.74 bits per heavy atom. The van der Waals surface area contributed by atoms with Crippen LogP contribution < -0.4 is 5.32 Å². The first-order valence-electron chi connectivity index (χ1n) is 8.24. The molecule has 19 heavy (non-hydrogen) atoms. The summed E-state index contributed by atoms with van der Waals surface area (Å²) in [5.74, 6) is 0. The second-order valence-corrected chi connectivity index (χ2v) is 6.66. The van der Waals surface area contributed by atoms with Crippen molar-refractivity contribution in [3.05, 3.63) is 11.6 Å². The van der Waals surface area contributed by atoms with Gasteiger partial charge in [-0.2, -0.15) is 0 Å². The number of rotatable bonds is 4. The van der Waals surface area contributed by atoms with E-state index < -0.39 is 0 Å². The Balaban J connectivity index is 2.23. The lowest BCUT2D eigenvalue weighted by atomic mass is 9.72. The fourth-order valence-electron chi connectivity index (χ4n) is 4.26. The van der Waals surface area contributed by atoms with Crippen molar-refractivity contribution in [1.29, 1.82) is 0 Å². The summed E-state index contributed by atoms with van der Waals surface area (Å²) in [4.78, 5) is 2.51. The molecule has 0 aromatic carbocycles. The molecule has 0 spiro atoms. The zero-order chi connectivity index (χ0) is 13.7. The largest absolute Gasteiger partial charge is 0.312 e. The fourth-order valence-corrected chi connectivity index (χ4v) is 4.26. The molecule has 0 saturated heterocycles. The van der Waals surface area contributed by atoms with Gasteiger partial charge < -0.3 is 10.2 Å². The first kappa shape index (κ1) is 15.1. The number of nitrogens with one attached hydrogen (secondary N) is 1. The molecule has 1 unspecified atom stereocenters. The van der Waals surface area contributed by atoms with Gasteiger partial charge >= 0.3 is 0 Å². The molecule has 0 aromatic heterocycles. The molecule has 0 amide bonds. The van der Waals surface area contributed by atoms with Gasteiger partial charge in [0.1, 0.15) is 0 Å². The Labute approximate surface area is 119 Å². The van der Waals surface area contributed by atoms with Gasteiger partial charge in [0.15, 0.2) is 0 Å². The quantitative estimate of drug-likeness (QED) is 0.778. The highest BCUT2D eigenvalue weighted by atomic mass is 15.2. The van der Waals surface area contributed by atoms with Gasteiger partial charge in [0.25, 0.3) is 0 Å². The lowest BCUT2D eigenvalue weighted by Gasteiger charge is -2.49. The van der Waals surface area contributed by atoms with Gasteiger partial charge in [0.2, 0.25) is 0 Å². The number of nitrogens with zero attached hydrogens (tertiary/aromatic N) is 1. The molecular formula is C17H32N2. The Morgan fingerprint density at radius 1 is 1.05 bits per heavy atom. The summed E-state index contributed by atoms with van der Waals surface area (Å²) < 4.78 is 0. The van der Waals surface area contributed by atoms with Crippen molar-refractivity contribution in [2.45, 2.75) is 75.8 Å². The molecule has 2 aliphatic carbocycles. The van der Waals surface area contributed by atoms with E-state index in [2.05, 4.69) is 37.4 Å². The Bertz CT molecular complexity index is 300. The van der Waals surface area contributed by atoms with Crippen molar-refractivity contribution in [3.63, 3.8) is 0 Å². The smallest absolute Gasteiger partial charge is 0.0463 e. The fraction of sp³-hybridized carbons (Fsp3) is 0.882. The summed E-state index contributed by atoms with van der Waals surface area (Å²) in [7, 11) is 6.73. The van der Waals surface area contributed by atoms with E-state index >= 15 is 0 Å². The van der Waals surface area contributed by atoms with Crippen LogP contribution in [-0.2, 0) is 0 Å². The topological polar surface area (TPSA) is 15.3 Å². The van der Waals surface area contributed by atoms with Gasteiger partial charge in [-0.25, -0.2) is 0 Å². The van der Waals surface area contributed by atoms with Crippen LogP contribution in [0.25, 0.3) is 0 Å². The van der Waals surface area contributed by atoms with Gasteiger partial charge in [-0.05, 0) is 59.7 Å². The molecular weight excluding hydrogens is 232 g/mol. The molecule has 2 aliphatic rings.